The zero-order valence-corrected chi connectivity index (χ0v) is 13.4. The van der Waals surface area contributed by atoms with E-state index in [1.807, 2.05) is 0 Å². The van der Waals surface area contributed by atoms with Crippen LogP contribution in [0.25, 0.3) is 0 Å². The van der Waals surface area contributed by atoms with Crippen LogP contribution in [0.15, 0.2) is 24.3 Å². The Morgan fingerprint density at radius 1 is 0.783 bits per heavy atom. The van der Waals surface area contributed by atoms with Crippen molar-refractivity contribution in [3.05, 3.63) is 30.1 Å². The third kappa shape index (κ3) is 4.21. The van der Waals surface area contributed by atoms with Gasteiger partial charge in [-0.05, 0) is 61.8 Å². The predicted molar refractivity (Wildman–Crippen MR) is 84.0 cm³/mol. The van der Waals surface area contributed by atoms with Crippen LogP contribution in [0.4, 0.5) is 13.2 Å². The van der Waals surface area contributed by atoms with Gasteiger partial charge in [-0.3, -0.25) is 0 Å². The fraction of sp³-hybridized carbons (Fsp3) is 0.684. The van der Waals surface area contributed by atoms with Crippen molar-refractivity contribution in [2.24, 2.45) is 17.8 Å². The minimum absolute atomic E-state index is 0.0332. The van der Waals surface area contributed by atoms with Crippen molar-refractivity contribution in [2.75, 3.05) is 0 Å². The molecule has 2 fully saturated rings. The maximum Gasteiger partial charge on any atom is 0.400 e. The molecule has 4 heteroatoms. The Hall–Kier alpha value is -1.19. The largest absolute Gasteiger partial charge is 0.432 e. The summed E-state index contributed by atoms with van der Waals surface area (Å²) in [5.74, 6) is 0.219. The molecular formula is C19H25F3O. The van der Waals surface area contributed by atoms with E-state index >= 15 is 0 Å². The molecule has 0 amide bonds. The summed E-state index contributed by atoms with van der Waals surface area (Å²) in [6, 6.07) is 4.81. The van der Waals surface area contributed by atoms with Crippen molar-refractivity contribution in [3.63, 3.8) is 0 Å². The molecular weight excluding hydrogens is 301 g/mol. The first kappa shape index (κ1) is 16.7. The van der Waals surface area contributed by atoms with E-state index in [1.165, 1.54) is 44.2 Å². The van der Waals surface area contributed by atoms with Crippen LogP contribution in [0, 0.1) is 23.6 Å². The van der Waals surface area contributed by atoms with Crippen LogP contribution in [0.2, 0.25) is 0 Å². The molecule has 0 aromatic heterocycles. The van der Waals surface area contributed by atoms with Crippen LogP contribution < -0.4 is 4.74 Å². The number of hydrogen-bond acceptors (Lipinski definition) is 1. The second kappa shape index (κ2) is 7.14. The Labute approximate surface area is 136 Å². The van der Waals surface area contributed by atoms with Crippen molar-refractivity contribution < 1.29 is 17.9 Å². The molecule has 0 atom stereocenters. The molecule has 0 N–H and O–H groups in total. The van der Waals surface area contributed by atoms with Crippen molar-refractivity contribution in [1.29, 1.82) is 0 Å². The standard InChI is InChI=1S/C19H25F3O/c20-17-10-12-18(13-11-17)23-19(21,22)16-8-6-15(7-9-16)14-4-2-1-3-5-14/h10-16H,1-9H2. The zero-order chi connectivity index (χ0) is 16.3. The Morgan fingerprint density at radius 2 is 1.35 bits per heavy atom. The number of hydrogen-bond donors (Lipinski definition) is 0. The van der Waals surface area contributed by atoms with Crippen molar-refractivity contribution in [2.45, 2.75) is 63.9 Å². The Morgan fingerprint density at radius 3 is 1.96 bits per heavy atom. The molecule has 0 saturated heterocycles. The van der Waals surface area contributed by atoms with Gasteiger partial charge in [0.15, 0.2) is 0 Å². The molecule has 1 aromatic rings. The van der Waals surface area contributed by atoms with Gasteiger partial charge < -0.3 is 4.74 Å². The molecule has 1 nitrogen and oxygen atoms in total. The average Bonchev–Trinajstić information content (AvgIpc) is 2.58. The smallest absolute Gasteiger partial charge is 0.400 e. The molecule has 0 spiro atoms. The van der Waals surface area contributed by atoms with Gasteiger partial charge in [0.1, 0.15) is 11.6 Å². The summed E-state index contributed by atoms with van der Waals surface area (Å²) >= 11 is 0. The van der Waals surface area contributed by atoms with E-state index in [4.69, 9.17) is 4.74 Å². The molecule has 0 unspecified atom stereocenters. The lowest BCUT2D eigenvalue weighted by molar-refractivity contribution is -0.224. The van der Waals surface area contributed by atoms with Crippen molar-refractivity contribution in [3.8, 4) is 5.75 Å². The molecule has 0 heterocycles. The van der Waals surface area contributed by atoms with E-state index < -0.39 is 17.8 Å². The molecule has 1 aromatic carbocycles. The van der Waals surface area contributed by atoms with Crippen LogP contribution in [0.5, 0.6) is 5.75 Å². The van der Waals surface area contributed by atoms with Gasteiger partial charge in [-0.15, -0.1) is 0 Å². The van der Waals surface area contributed by atoms with Gasteiger partial charge in [0.2, 0.25) is 0 Å². The van der Waals surface area contributed by atoms with Gasteiger partial charge >= 0.3 is 6.11 Å². The molecule has 2 aliphatic rings. The highest BCUT2D eigenvalue weighted by atomic mass is 19.3. The summed E-state index contributed by atoms with van der Waals surface area (Å²) in [5, 5.41) is 0. The fourth-order valence-corrected chi connectivity index (χ4v) is 4.28. The van der Waals surface area contributed by atoms with E-state index in [1.54, 1.807) is 0 Å². The third-order valence-electron chi connectivity index (χ3n) is 5.63. The number of ether oxygens (including phenoxy) is 1. The van der Waals surface area contributed by atoms with Crippen LogP contribution in [-0.2, 0) is 0 Å². The van der Waals surface area contributed by atoms with Crippen molar-refractivity contribution in [1.82, 2.24) is 0 Å². The second-order valence-electron chi connectivity index (χ2n) is 7.13. The number of alkyl halides is 2. The monoisotopic (exact) mass is 326 g/mol. The number of benzene rings is 1. The van der Waals surface area contributed by atoms with Gasteiger partial charge in [-0.1, -0.05) is 32.1 Å². The molecule has 0 radical (unpaired) electrons. The third-order valence-corrected chi connectivity index (χ3v) is 5.63. The minimum atomic E-state index is -3.17. The highest BCUT2D eigenvalue weighted by Crippen LogP contribution is 2.44. The first-order valence-electron chi connectivity index (χ1n) is 8.87. The minimum Gasteiger partial charge on any atom is -0.432 e. The van der Waals surface area contributed by atoms with Gasteiger partial charge in [-0.2, -0.15) is 8.78 Å². The zero-order valence-electron chi connectivity index (χ0n) is 13.4. The summed E-state index contributed by atoms with van der Waals surface area (Å²) in [7, 11) is 0. The highest BCUT2D eigenvalue weighted by Gasteiger charge is 2.44. The molecule has 2 aliphatic carbocycles. The Kier molecular flexibility index (Phi) is 5.17. The van der Waals surface area contributed by atoms with E-state index in [2.05, 4.69) is 0 Å². The normalized spacial score (nSPS) is 26.9. The van der Waals surface area contributed by atoms with Crippen LogP contribution in [-0.4, -0.2) is 6.11 Å². The van der Waals surface area contributed by atoms with E-state index in [-0.39, 0.29) is 5.75 Å². The van der Waals surface area contributed by atoms with Gasteiger partial charge in [0.25, 0.3) is 0 Å². The van der Waals surface area contributed by atoms with Gasteiger partial charge in [0.05, 0.1) is 5.92 Å². The SMILES string of the molecule is Fc1ccc(OC(F)(F)C2CCC(C3CCCCC3)CC2)cc1. The molecule has 3 rings (SSSR count). The summed E-state index contributed by atoms with van der Waals surface area (Å²) in [4.78, 5) is 0. The van der Waals surface area contributed by atoms with E-state index in [0.717, 1.165) is 30.9 Å². The molecule has 0 bridgehead atoms. The first-order chi connectivity index (χ1) is 11.0. The fourth-order valence-electron chi connectivity index (χ4n) is 4.28. The van der Waals surface area contributed by atoms with Gasteiger partial charge in [-0.25, -0.2) is 4.39 Å². The van der Waals surface area contributed by atoms with Crippen LogP contribution in [0.3, 0.4) is 0 Å². The highest BCUT2D eigenvalue weighted by molar-refractivity contribution is 5.22. The number of rotatable bonds is 4. The lowest BCUT2D eigenvalue weighted by Crippen LogP contribution is -2.38. The number of halogens is 3. The predicted octanol–water partition coefficient (Wildman–Crippen LogP) is 6.18. The van der Waals surface area contributed by atoms with Crippen LogP contribution in [0.1, 0.15) is 57.8 Å². The summed E-state index contributed by atoms with van der Waals surface area (Å²) in [6.07, 6.45) is 6.13. The molecule has 2 saturated carbocycles. The Bertz CT molecular complexity index is 486. The van der Waals surface area contributed by atoms with Gasteiger partial charge in [0, 0.05) is 0 Å². The van der Waals surface area contributed by atoms with Crippen molar-refractivity contribution >= 4 is 0 Å². The second-order valence-corrected chi connectivity index (χ2v) is 7.13. The summed E-state index contributed by atoms with van der Waals surface area (Å²) < 4.78 is 46.4. The molecule has 23 heavy (non-hydrogen) atoms. The average molecular weight is 326 g/mol. The quantitative estimate of drug-likeness (QED) is 0.641. The summed E-state index contributed by atoms with van der Waals surface area (Å²) in [6.45, 7) is 0. The first-order valence-corrected chi connectivity index (χ1v) is 8.87. The van der Waals surface area contributed by atoms with Crippen LogP contribution >= 0.6 is 0 Å². The molecule has 128 valence electrons. The Balaban J connectivity index is 1.54. The lowest BCUT2D eigenvalue weighted by atomic mass is 9.71. The van der Waals surface area contributed by atoms with E-state index in [0.29, 0.717) is 18.8 Å². The summed E-state index contributed by atoms with van der Waals surface area (Å²) in [5.41, 5.74) is 0. The molecule has 0 aliphatic heterocycles. The topological polar surface area (TPSA) is 9.23 Å². The maximum atomic E-state index is 14.3. The van der Waals surface area contributed by atoms with E-state index in [9.17, 15) is 13.2 Å². The maximum absolute atomic E-state index is 14.3. The lowest BCUT2D eigenvalue weighted by Gasteiger charge is -2.37.